The van der Waals surface area contributed by atoms with Gasteiger partial charge in [0, 0.05) is 11.8 Å². The predicted molar refractivity (Wildman–Crippen MR) is 84.1 cm³/mol. The summed E-state index contributed by atoms with van der Waals surface area (Å²) in [4.78, 5) is 12.4. The molecule has 0 aromatic carbocycles. The molecule has 0 aromatic heterocycles. The number of aliphatic hydroxyl groups is 2. The Morgan fingerprint density at radius 1 is 1.09 bits per heavy atom. The second kappa shape index (κ2) is 4.80. The molecular formula is C19H30O3. The smallest absolute Gasteiger partial charge is 0.139 e. The highest BCUT2D eigenvalue weighted by atomic mass is 16.3. The fourth-order valence-electron chi connectivity index (χ4n) is 7.13. The van der Waals surface area contributed by atoms with Crippen molar-refractivity contribution in [3.8, 4) is 0 Å². The highest BCUT2D eigenvalue weighted by Gasteiger charge is 2.63. The number of fused-ring (bicyclic) bond motifs is 5. The van der Waals surface area contributed by atoms with E-state index in [1.54, 1.807) is 0 Å². The van der Waals surface area contributed by atoms with Crippen LogP contribution in [0.5, 0.6) is 0 Å². The molecule has 0 amide bonds. The molecule has 4 saturated carbocycles. The third-order valence-electron chi connectivity index (χ3n) is 8.28. The van der Waals surface area contributed by atoms with Gasteiger partial charge in [-0.2, -0.15) is 0 Å². The van der Waals surface area contributed by atoms with Crippen molar-refractivity contribution in [1.82, 2.24) is 0 Å². The number of ketones is 1. The Morgan fingerprint density at radius 2 is 1.86 bits per heavy atom. The van der Waals surface area contributed by atoms with Gasteiger partial charge in [-0.25, -0.2) is 0 Å². The third-order valence-corrected chi connectivity index (χ3v) is 8.28. The predicted octanol–water partition coefficient (Wildman–Crippen LogP) is 2.93. The monoisotopic (exact) mass is 306 g/mol. The van der Waals surface area contributed by atoms with Crippen molar-refractivity contribution in [2.24, 2.45) is 34.5 Å². The first-order chi connectivity index (χ1) is 10.4. The lowest BCUT2D eigenvalue weighted by atomic mass is 9.44. The minimum absolute atomic E-state index is 0.145. The van der Waals surface area contributed by atoms with Gasteiger partial charge >= 0.3 is 0 Å². The van der Waals surface area contributed by atoms with Gasteiger partial charge in [-0.15, -0.1) is 0 Å². The number of carbonyl (C=O) groups is 1. The van der Waals surface area contributed by atoms with E-state index in [-0.39, 0.29) is 23.0 Å². The SMILES string of the molecule is CC12CC(O)C3C(CCC4C[C@@H](O)CCC43C)C1CCC2=O. The van der Waals surface area contributed by atoms with Gasteiger partial charge in [-0.3, -0.25) is 4.79 Å². The lowest BCUT2D eigenvalue weighted by molar-refractivity contribution is -0.175. The average molecular weight is 306 g/mol. The minimum atomic E-state index is -0.337. The van der Waals surface area contributed by atoms with E-state index < -0.39 is 0 Å². The van der Waals surface area contributed by atoms with Crippen LogP contribution in [0.3, 0.4) is 0 Å². The standard InChI is InChI=1S/C19H30O3/c1-18-8-7-12(20)9-11(18)3-4-13-14-5-6-16(22)19(14,2)10-15(21)17(13)18/h11-15,17,20-21H,3-10H2,1-2H3/t11?,12-,13?,14?,15?,17?,18?,19?/m0/s1. The molecule has 3 nitrogen and oxygen atoms in total. The highest BCUT2D eigenvalue weighted by Crippen LogP contribution is 2.65. The summed E-state index contributed by atoms with van der Waals surface area (Å²) in [6.45, 7) is 4.48. The van der Waals surface area contributed by atoms with Crippen molar-refractivity contribution in [1.29, 1.82) is 0 Å². The van der Waals surface area contributed by atoms with Crippen LogP contribution >= 0.6 is 0 Å². The van der Waals surface area contributed by atoms with E-state index >= 15 is 0 Å². The molecule has 4 aliphatic carbocycles. The van der Waals surface area contributed by atoms with Crippen molar-refractivity contribution in [3.63, 3.8) is 0 Å². The van der Waals surface area contributed by atoms with E-state index in [0.717, 1.165) is 38.5 Å². The summed E-state index contributed by atoms with van der Waals surface area (Å²) in [5, 5.41) is 21.0. The molecule has 8 atom stereocenters. The Labute approximate surface area is 133 Å². The van der Waals surface area contributed by atoms with Gasteiger partial charge in [0.05, 0.1) is 12.2 Å². The molecule has 0 bridgehead atoms. The molecule has 4 aliphatic rings. The summed E-state index contributed by atoms with van der Waals surface area (Å²) < 4.78 is 0. The minimum Gasteiger partial charge on any atom is -0.393 e. The van der Waals surface area contributed by atoms with Crippen LogP contribution in [0, 0.1) is 34.5 Å². The van der Waals surface area contributed by atoms with Crippen LogP contribution in [0.4, 0.5) is 0 Å². The second-order valence-electron chi connectivity index (χ2n) is 9.16. The zero-order chi connectivity index (χ0) is 15.7. The molecule has 0 heterocycles. The van der Waals surface area contributed by atoms with E-state index in [4.69, 9.17) is 0 Å². The van der Waals surface area contributed by atoms with Gasteiger partial charge in [0.25, 0.3) is 0 Å². The number of Topliss-reactive ketones (excluding diaryl/α,β-unsaturated/α-hetero) is 1. The lowest BCUT2D eigenvalue weighted by Crippen LogP contribution is -2.59. The van der Waals surface area contributed by atoms with E-state index in [1.807, 2.05) is 0 Å². The maximum absolute atomic E-state index is 12.4. The Morgan fingerprint density at radius 3 is 2.64 bits per heavy atom. The largest absolute Gasteiger partial charge is 0.393 e. The average Bonchev–Trinajstić information content (AvgIpc) is 2.75. The molecule has 3 heteroatoms. The first-order valence-electron chi connectivity index (χ1n) is 9.25. The molecule has 0 spiro atoms. The van der Waals surface area contributed by atoms with Crippen LogP contribution in [-0.4, -0.2) is 28.2 Å². The second-order valence-corrected chi connectivity index (χ2v) is 9.16. The molecule has 0 radical (unpaired) electrons. The van der Waals surface area contributed by atoms with Gasteiger partial charge in [0.2, 0.25) is 0 Å². The molecule has 7 unspecified atom stereocenters. The zero-order valence-corrected chi connectivity index (χ0v) is 13.9. The Hall–Kier alpha value is -0.410. The lowest BCUT2D eigenvalue weighted by Gasteiger charge is -2.61. The molecule has 22 heavy (non-hydrogen) atoms. The van der Waals surface area contributed by atoms with Crippen LogP contribution < -0.4 is 0 Å². The quantitative estimate of drug-likeness (QED) is 0.723. The molecule has 4 rings (SSSR count). The van der Waals surface area contributed by atoms with Gasteiger partial charge in [-0.05, 0) is 74.0 Å². The first-order valence-corrected chi connectivity index (χ1v) is 9.25. The topological polar surface area (TPSA) is 57.5 Å². The summed E-state index contributed by atoms with van der Waals surface area (Å²) in [6, 6.07) is 0. The Bertz CT molecular complexity index is 489. The Kier molecular flexibility index (Phi) is 3.30. The van der Waals surface area contributed by atoms with Gasteiger partial charge in [0.15, 0.2) is 0 Å². The van der Waals surface area contributed by atoms with Gasteiger partial charge < -0.3 is 10.2 Å². The summed E-state index contributed by atoms with van der Waals surface area (Å²) in [5.41, 5.74) is -0.105. The molecule has 124 valence electrons. The van der Waals surface area contributed by atoms with Crippen LogP contribution in [0.2, 0.25) is 0 Å². The van der Waals surface area contributed by atoms with Crippen LogP contribution in [-0.2, 0) is 4.79 Å². The molecule has 0 saturated heterocycles. The van der Waals surface area contributed by atoms with Crippen LogP contribution in [0.25, 0.3) is 0 Å². The van der Waals surface area contributed by atoms with E-state index in [0.29, 0.717) is 35.9 Å². The van der Waals surface area contributed by atoms with Crippen molar-refractivity contribution >= 4 is 5.78 Å². The molecule has 0 aromatic rings. The summed E-state index contributed by atoms with van der Waals surface area (Å²) >= 11 is 0. The van der Waals surface area contributed by atoms with Crippen molar-refractivity contribution < 1.29 is 15.0 Å². The third kappa shape index (κ3) is 1.84. The highest BCUT2D eigenvalue weighted by molar-refractivity contribution is 5.87. The fourth-order valence-corrected chi connectivity index (χ4v) is 7.13. The van der Waals surface area contributed by atoms with E-state index in [1.165, 1.54) is 6.42 Å². The van der Waals surface area contributed by atoms with Crippen LogP contribution in [0.15, 0.2) is 0 Å². The maximum Gasteiger partial charge on any atom is 0.139 e. The number of hydrogen-bond acceptors (Lipinski definition) is 3. The zero-order valence-electron chi connectivity index (χ0n) is 13.9. The van der Waals surface area contributed by atoms with Crippen molar-refractivity contribution in [2.75, 3.05) is 0 Å². The molecular weight excluding hydrogens is 276 g/mol. The van der Waals surface area contributed by atoms with E-state index in [9.17, 15) is 15.0 Å². The molecule has 2 N–H and O–H groups in total. The van der Waals surface area contributed by atoms with Gasteiger partial charge in [-0.1, -0.05) is 13.8 Å². The van der Waals surface area contributed by atoms with Crippen molar-refractivity contribution in [3.05, 3.63) is 0 Å². The van der Waals surface area contributed by atoms with Crippen LogP contribution in [0.1, 0.15) is 65.2 Å². The summed E-state index contributed by atoms with van der Waals surface area (Å²) in [5.74, 6) is 2.27. The summed E-state index contributed by atoms with van der Waals surface area (Å²) in [6.07, 6.45) is 7.08. The van der Waals surface area contributed by atoms with E-state index in [2.05, 4.69) is 13.8 Å². The molecule has 4 fully saturated rings. The van der Waals surface area contributed by atoms with Crippen molar-refractivity contribution in [2.45, 2.75) is 77.4 Å². The summed E-state index contributed by atoms with van der Waals surface area (Å²) in [7, 11) is 0. The number of rotatable bonds is 0. The normalized spacial score (nSPS) is 57.9. The fraction of sp³-hybridized carbons (Fsp3) is 0.947. The van der Waals surface area contributed by atoms with Gasteiger partial charge in [0.1, 0.15) is 5.78 Å². The maximum atomic E-state index is 12.4. The number of hydrogen-bond donors (Lipinski definition) is 2. The Balaban J connectivity index is 1.69. The number of aliphatic hydroxyl groups excluding tert-OH is 2. The number of carbonyl (C=O) groups excluding carboxylic acids is 1. The molecule has 0 aliphatic heterocycles. The first kappa shape index (κ1) is 15.1.